The molecular weight excluding hydrogens is 773 g/mol. The second-order valence-electron chi connectivity index (χ2n) is 16.6. The largest absolute Gasteiger partial charge is 0.481 e. The number of likely N-dealkylation sites (tertiary alicyclic amines) is 1. The minimum Gasteiger partial charge on any atom is -0.481 e. The molecule has 0 saturated carbocycles. The zero-order chi connectivity index (χ0) is 44.5. The summed E-state index contributed by atoms with van der Waals surface area (Å²) in [6.07, 6.45) is 0.879. The summed E-state index contributed by atoms with van der Waals surface area (Å²) in [5, 5.41) is 32.0. The SMILES string of the molecule is CC(C)CC(NC(=O)C(CC(=O)O)NC(=O)C(CC(=O)N1CCCC1)NC(=O)C(NC(=O)C(NC(=O)C(Cc1ccccc1)Cc1ccccc1)C(C)C)C(C)C)C(=O)O. The minimum absolute atomic E-state index is 0.0312. The van der Waals surface area contributed by atoms with Gasteiger partial charge in [-0.15, -0.1) is 0 Å². The Hall–Kier alpha value is -5.80. The third-order valence-electron chi connectivity index (χ3n) is 10.3. The average Bonchev–Trinajstić information content (AvgIpc) is 3.73. The van der Waals surface area contributed by atoms with E-state index >= 15 is 0 Å². The van der Waals surface area contributed by atoms with Gasteiger partial charge in [-0.25, -0.2) is 4.79 Å². The van der Waals surface area contributed by atoms with Gasteiger partial charge in [0.25, 0.3) is 0 Å². The standard InChI is InChI=1S/C44H62N6O10/c1-26(2)21-34(44(59)60)47-41(56)33(25-36(52)53)45-40(55)32(24-35(51)50-19-13-14-20-50)46-42(57)37(27(3)4)49-43(58)38(28(5)6)48-39(54)31(22-29-15-9-7-10-16-29)23-30-17-11-8-12-18-30/h7-12,15-18,26-28,31-34,37-38H,13-14,19-25H2,1-6H3,(H,45,55)(H,46,57)(H,47,56)(H,48,54)(H,49,58)(H,52,53)(H,59,60). The summed E-state index contributed by atoms with van der Waals surface area (Å²) in [4.78, 5) is 108. The van der Waals surface area contributed by atoms with Crippen molar-refractivity contribution in [3.05, 3.63) is 71.8 Å². The Bertz CT molecular complexity index is 1740. The van der Waals surface area contributed by atoms with Crippen molar-refractivity contribution >= 4 is 47.4 Å². The highest BCUT2D eigenvalue weighted by Crippen LogP contribution is 2.18. The van der Waals surface area contributed by atoms with Crippen molar-refractivity contribution in [3.63, 3.8) is 0 Å². The van der Waals surface area contributed by atoms with Crippen LogP contribution in [0, 0.1) is 23.7 Å². The summed E-state index contributed by atoms with van der Waals surface area (Å²) in [6, 6.07) is 12.0. The lowest BCUT2D eigenvalue weighted by atomic mass is 9.90. The molecule has 60 heavy (non-hydrogen) atoms. The number of aliphatic carboxylic acids is 2. The molecule has 1 saturated heterocycles. The van der Waals surface area contributed by atoms with Gasteiger partial charge >= 0.3 is 11.9 Å². The van der Waals surface area contributed by atoms with Crippen molar-refractivity contribution in [2.45, 2.75) is 117 Å². The molecule has 0 radical (unpaired) electrons. The van der Waals surface area contributed by atoms with Crippen LogP contribution < -0.4 is 26.6 Å². The third kappa shape index (κ3) is 15.8. The highest BCUT2D eigenvalue weighted by atomic mass is 16.4. The molecule has 0 spiro atoms. The molecule has 328 valence electrons. The number of nitrogens with zero attached hydrogens (tertiary/aromatic N) is 1. The second-order valence-corrected chi connectivity index (χ2v) is 16.6. The Balaban J connectivity index is 1.84. The van der Waals surface area contributed by atoms with Gasteiger partial charge in [0.05, 0.1) is 12.8 Å². The molecular formula is C44H62N6O10. The number of amides is 6. The van der Waals surface area contributed by atoms with E-state index in [0.29, 0.717) is 25.9 Å². The van der Waals surface area contributed by atoms with Crippen LogP contribution in [0.1, 0.15) is 84.8 Å². The van der Waals surface area contributed by atoms with Gasteiger partial charge in [0.15, 0.2) is 0 Å². The number of benzene rings is 2. The van der Waals surface area contributed by atoms with Crippen LogP contribution in [0.4, 0.5) is 0 Å². The summed E-state index contributed by atoms with van der Waals surface area (Å²) >= 11 is 0. The topological polar surface area (TPSA) is 240 Å². The van der Waals surface area contributed by atoms with Crippen LogP contribution in [0.25, 0.3) is 0 Å². The van der Waals surface area contributed by atoms with Gasteiger partial charge in [0.1, 0.15) is 30.2 Å². The summed E-state index contributed by atoms with van der Waals surface area (Å²) in [6.45, 7) is 11.2. The van der Waals surface area contributed by atoms with E-state index in [2.05, 4.69) is 26.6 Å². The molecule has 6 amide bonds. The highest BCUT2D eigenvalue weighted by molar-refractivity contribution is 5.98. The number of hydrogen-bond acceptors (Lipinski definition) is 8. The molecule has 0 bridgehead atoms. The van der Waals surface area contributed by atoms with Gasteiger partial charge in [-0.3, -0.25) is 33.6 Å². The highest BCUT2D eigenvalue weighted by Gasteiger charge is 2.37. The van der Waals surface area contributed by atoms with E-state index < -0.39 is 102 Å². The lowest BCUT2D eigenvalue weighted by molar-refractivity contribution is -0.144. The minimum atomic E-state index is -1.76. The molecule has 16 nitrogen and oxygen atoms in total. The van der Waals surface area contributed by atoms with Gasteiger partial charge < -0.3 is 41.7 Å². The zero-order valence-electron chi connectivity index (χ0n) is 35.4. The first-order valence-electron chi connectivity index (χ1n) is 20.7. The van der Waals surface area contributed by atoms with E-state index in [-0.39, 0.29) is 18.2 Å². The van der Waals surface area contributed by atoms with Crippen molar-refractivity contribution in [1.29, 1.82) is 0 Å². The molecule has 0 aliphatic carbocycles. The maximum absolute atomic E-state index is 14.0. The molecule has 16 heteroatoms. The number of rotatable bonds is 23. The van der Waals surface area contributed by atoms with E-state index in [0.717, 1.165) is 24.0 Å². The van der Waals surface area contributed by atoms with Gasteiger partial charge in [0.2, 0.25) is 35.4 Å². The molecule has 2 aromatic carbocycles. The zero-order valence-corrected chi connectivity index (χ0v) is 35.4. The van der Waals surface area contributed by atoms with Crippen molar-refractivity contribution in [2.75, 3.05) is 13.1 Å². The molecule has 5 atom stereocenters. The quantitative estimate of drug-likeness (QED) is 0.0863. The molecule has 3 rings (SSSR count). The summed E-state index contributed by atoms with van der Waals surface area (Å²) in [5.41, 5.74) is 1.89. The first kappa shape index (κ1) is 48.6. The first-order chi connectivity index (χ1) is 28.4. The van der Waals surface area contributed by atoms with Crippen LogP contribution in [0.3, 0.4) is 0 Å². The molecule has 1 aliphatic rings. The lowest BCUT2D eigenvalue weighted by Crippen LogP contribution is -2.61. The Labute approximate surface area is 352 Å². The average molecular weight is 835 g/mol. The molecule has 1 aliphatic heterocycles. The molecule has 1 fully saturated rings. The monoisotopic (exact) mass is 834 g/mol. The van der Waals surface area contributed by atoms with E-state index in [4.69, 9.17) is 0 Å². The predicted octanol–water partition coefficient (Wildman–Crippen LogP) is 2.44. The first-order valence-corrected chi connectivity index (χ1v) is 20.7. The fourth-order valence-electron chi connectivity index (χ4n) is 7.00. The van der Waals surface area contributed by atoms with E-state index in [1.807, 2.05) is 60.7 Å². The number of carbonyl (C=O) groups excluding carboxylic acids is 6. The number of carbonyl (C=O) groups is 8. The molecule has 1 heterocycles. The predicted molar refractivity (Wildman–Crippen MR) is 223 cm³/mol. The second kappa shape index (κ2) is 23.7. The normalized spacial score (nSPS) is 15.1. The van der Waals surface area contributed by atoms with Crippen LogP contribution in [-0.4, -0.2) is 106 Å². The number of hydrogen-bond donors (Lipinski definition) is 7. The Morgan fingerprint density at radius 3 is 1.40 bits per heavy atom. The molecule has 7 N–H and O–H groups in total. The van der Waals surface area contributed by atoms with Crippen LogP contribution in [-0.2, 0) is 51.2 Å². The number of carboxylic acids is 2. The fourth-order valence-corrected chi connectivity index (χ4v) is 7.00. The molecule has 5 unspecified atom stereocenters. The summed E-state index contributed by atoms with van der Waals surface area (Å²) < 4.78 is 0. The van der Waals surface area contributed by atoms with Crippen LogP contribution in [0.15, 0.2) is 60.7 Å². The molecule has 2 aromatic rings. The maximum Gasteiger partial charge on any atom is 0.326 e. The van der Waals surface area contributed by atoms with E-state index in [9.17, 15) is 48.6 Å². The van der Waals surface area contributed by atoms with E-state index in [1.165, 1.54) is 4.90 Å². The van der Waals surface area contributed by atoms with E-state index in [1.54, 1.807) is 41.5 Å². The van der Waals surface area contributed by atoms with Gasteiger partial charge in [-0.2, -0.15) is 0 Å². The van der Waals surface area contributed by atoms with Crippen molar-refractivity contribution in [3.8, 4) is 0 Å². The van der Waals surface area contributed by atoms with Gasteiger partial charge in [0, 0.05) is 19.0 Å². The smallest absolute Gasteiger partial charge is 0.326 e. The molecule has 0 aromatic heterocycles. The van der Waals surface area contributed by atoms with Gasteiger partial charge in [-0.1, -0.05) is 102 Å². The van der Waals surface area contributed by atoms with Crippen molar-refractivity contribution in [2.24, 2.45) is 23.7 Å². The van der Waals surface area contributed by atoms with Crippen molar-refractivity contribution < 1.29 is 48.6 Å². The number of carboxylic acid groups (broad SMARTS) is 2. The third-order valence-corrected chi connectivity index (χ3v) is 10.3. The Morgan fingerprint density at radius 2 is 0.967 bits per heavy atom. The van der Waals surface area contributed by atoms with Crippen molar-refractivity contribution in [1.82, 2.24) is 31.5 Å². The number of nitrogens with one attached hydrogen (secondary N) is 5. The van der Waals surface area contributed by atoms with Gasteiger partial charge in [-0.05, 0) is 61.0 Å². The van der Waals surface area contributed by atoms with Crippen LogP contribution in [0.2, 0.25) is 0 Å². The lowest BCUT2D eigenvalue weighted by Gasteiger charge is -2.30. The summed E-state index contributed by atoms with van der Waals surface area (Å²) in [5.74, 6) is -8.89. The maximum atomic E-state index is 14.0. The van der Waals surface area contributed by atoms with Crippen LogP contribution in [0.5, 0.6) is 0 Å². The Kier molecular flexibility index (Phi) is 19.2. The van der Waals surface area contributed by atoms with Crippen LogP contribution >= 0.6 is 0 Å². The Morgan fingerprint density at radius 1 is 0.550 bits per heavy atom. The summed E-state index contributed by atoms with van der Waals surface area (Å²) in [7, 11) is 0. The fraction of sp³-hybridized carbons (Fsp3) is 0.545.